The Hall–Kier alpha value is -4.26. The van der Waals surface area contributed by atoms with Crippen LogP contribution in [0.4, 0.5) is 5.69 Å². The normalized spacial score (nSPS) is 14.0. The first-order valence-corrected chi connectivity index (χ1v) is 11.5. The lowest BCUT2D eigenvalue weighted by Gasteiger charge is -2.31. The van der Waals surface area contributed by atoms with Crippen LogP contribution in [-0.2, 0) is 14.3 Å². The first-order chi connectivity index (χ1) is 17.4. The Bertz CT molecular complexity index is 1140. The number of esters is 1. The minimum atomic E-state index is -0.901. The van der Waals surface area contributed by atoms with Crippen LogP contribution in [0.5, 0.6) is 17.2 Å². The number of hydrogen-bond acceptors (Lipinski definition) is 8. The molecule has 0 atom stereocenters. The lowest BCUT2D eigenvalue weighted by molar-refractivity contribution is -0.126. The Labute approximate surface area is 209 Å². The number of ether oxygens (including phenoxy) is 4. The average molecular weight is 496 g/mol. The quantitative estimate of drug-likeness (QED) is 0.480. The van der Waals surface area contributed by atoms with Gasteiger partial charge >= 0.3 is 5.97 Å². The SMILES string of the molecule is COc1ccccc1NC(=O)COc1ccc(C(=O)OCC(=O)NC2(C#N)CCCCC2)cc1OC. The molecule has 2 N–H and O–H groups in total. The maximum Gasteiger partial charge on any atom is 0.338 e. The molecule has 0 bridgehead atoms. The summed E-state index contributed by atoms with van der Waals surface area (Å²) < 4.78 is 21.1. The van der Waals surface area contributed by atoms with Crippen LogP contribution < -0.4 is 24.8 Å². The third-order valence-corrected chi connectivity index (χ3v) is 5.77. The van der Waals surface area contributed by atoms with E-state index >= 15 is 0 Å². The van der Waals surface area contributed by atoms with Gasteiger partial charge in [-0.15, -0.1) is 0 Å². The van der Waals surface area contributed by atoms with E-state index in [2.05, 4.69) is 16.7 Å². The fraction of sp³-hybridized carbons (Fsp3) is 0.385. The van der Waals surface area contributed by atoms with Crippen molar-refractivity contribution in [3.8, 4) is 23.3 Å². The Morgan fingerprint density at radius 3 is 2.33 bits per heavy atom. The fourth-order valence-corrected chi connectivity index (χ4v) is 3.93. The molecular formula is C26H29N3O7. The zero-order valence-corrected chi connectivity index (χ0v) is 20.3. The lowest BCUT2D eigenvalue weighted by atomic mass is 9.83. The topological polar surface area (TPSA) is 136 Å². The Kier molecular flexibility index (Phi) is 9.11. The van der Waals surface area contributed by atoms with Crippen LogP contribution in [-0.4, -0.2) is 50.8 Å². The van der Waals surface area contributed by atoms with Gasteiger partial charge in [-0.1, -0.05) is 31.4 Å². The van der Waals surface area contributed by atoms with Gasteiger partial charge < -0.3 is 29.6 Å². The van der Waals surface area contributed by atoms with E-state index in [9.17, 15) is 19.6 Å². The molecule has 2 aromatic carbocycles. The number of amides is 2. The number of rotatable bonds is 10. The van der Waals surface area contributed by atoms with Gasteiger partial charge in [0.1, 0.15) is 11.3 Å². The number of nitrogens with zero attached hydrogens (tertiary/aromatic N) is 1. The molecule has 0 unspecified atom stereocenters. The van der Waals surface area contributed by atoms with Crippen molar-refractivity contribution in [2.24, 2.45) is 0 Å². The number of benzene rings is 2. The third-order valence-electron chi connectivity index (χ3n) is 5.77. The summed E-state index contributed by atoms with van der Waals surface area (Å²) in [6.07, 6.45) is 3.92. The van der Waals surface area contributed by atoms with Gasteiger partial charge in [-0.3, -0.25) is 9.59 Å². The van der Waals surface area contributed by atoms with Gasteiger partial charge in [0, 0.05) is 0 Å². The Morgan fingerprint density at radius 1 is 0.917 bits per heavy atom. The van der Waals surface area contributed by atoms with Crippen LogP contribution in [0.3, 0.4) is 0 Å². The second kappa shape index (κ2) is 12.4. The number of nitrogens with one attached hydrogen (secondary N) is 2. The standard InChI is InChI=1S/C26H29N3O7/c1-33-20-9-5-4-8-19(20)28-23(30)15-35-21-11-10-18(14-22(21)34-2)25(32)36-16-24(31)29-26(17-27)12-6-3-7-13-26/h4-5,8-11,14H,3,6-7,12-13,15-16H2,1-2H3,(H,28,30)(H,29,31). The minimum absolute atomic E-state index is 0.137. The van der Waals surface area contributed by atoms with E-state index in [1.807, 2.05) is 0 Å². The zero-order chi connectivity index (χ0) is 26.0. The predicted octanol–water partition coefficient (Wildman–Crippen LogP) is 3.22. The number of carbonyl (C=O) groups excluding carboxylic acids is 3. The van der Waals surface area contributed by atoms with Crippen molar-refractivity contribution < 1.29 is 33.3 Å². The Balaban J connectivity index is 1.54. The summed E-state index contributed by atoms with van der Waals surface area (Å²) >= 11 is 0. The van der Waals surface area contributed by atoms with Gasteiger partial charge in [0.2, 0.25) is 0 Å². The second-order valence-electron chi connectivity index (χ2n) is 8.28. The summed E-state index contributed by atoms with van der Waals surface area (Å²) in [5.74, 6) is -0.705. The molecule has 36 heavy (non-hydrogen) atoms. The molecule has 1 aliphatic rings. The van der Waals surface area contributed by atoms with Crippen LogP contribution in [0, 0.1) is 11.3 Å². The molecular weight excluding hydrogens is 466 g/mol. The average Bonchev–Trinajstić information content (AvgIpc) is 2.91. The highest BCUT2D eigenvalue weighted by Crippen LogP contribution is 2.29. The van der Waals surface area contributed by atoms with E-state index in [0.29, 0.717) is 24.3 Å². The highest BCUT2D eigenvalue weighted by atomic mass is 16.5. The summed E-state index contributed by atoms with van der Waals surface area (Å²) in [7, 11) is 2.90. The summed E-state index contributed by atoms with van der Waals surface area (Å²) in [5, 5.41) is 14.9. The molecule has 1 aliphatic carbocycles. The molecule has 10 heteroatoms. The number of carbonyl (C=O) groups is 3. The number of para-hydroxylation sites is 2. The van der Waals surface area contributed by atoms with Crippen LogP contribution in [0.15, 0.2) is 42.5 Å². The molecule has 190 valence electrons. The first kappa shape index (κ1) is 26.3. The molecule has 3 rings (SSSR count). The monoisotopic (exact) mass is 495 g/mol. The van der Waals surface area contributed by atoms with E-state index in [1.54, 1.807) is 24.3 Å². The molecule has 0 radical (unpaired) electrons. The van der Waals surface area contributed by atoms with Gasteiger partial charge in [0.25, 0.3) is 11.8 Å². The van der Waals surface area contributed by atoms with E-state index in [4.69, 9.17) is 18.9 Å². The minimum Gasteiger partial charge on any atom is -0.495 e. The summed E-state index contributed by atoms with van der Waals surface area (Å²) in [6.45, 7) is -0.815. The van der Waals surface area contributed by atoms with Crippen molar-refractivity contribution in [1.82, 2.24) is 5.32 Å². The molecule has 2 amide bonds. The number of anilines is 1. The van der Waals surface area contributed by atoms with Crippen LogP contribution in [0.2, 0.25) is 0 Å². The summed E-state index contributed by atoms with van der Waals surface area (Å²) in [6, 6.07) is 13.5. The lowest BCUT2D eigenvalue weighted by Crippen LogP contribution is -2.50. The molecule has 2 aromatic rings. The largest absolute Gasteiger partial charge is 0.495 e. The predicted molar refractivity (Wildman–Crippen MR) is 130 cm³/mol. The molecule has 1 fully saturated rings. The van der Waals surface area contributed by atoms with Crippen LogP contribution in [0.25, 0.3) is 0 Å². The van der Waals surface area contributed by atoms with Crippen molar-refractivity contribution in [2.45, 2.75) is 37.6 Å². The van der Waals surface area contributed by atoms with E-state index < -0.39 is 29.9 Å². The second-order valence-corrected chi connectivity index (χ2v) is 8.28. The number of nitriles is 1. The van der Waals surface area contributed by atoms with Gasteiger partial charge in [-0.25, -0.2) is 4.79 Å². The van der Waals surface area contributed by atoms with Gasteiger partial charge in [-0.2, -0.15) is 5.26 Å². The van der Waals surface area contributed by atoms with Crippen molar-refractivity contribution in [2.75, 3.05) is 32.8 Å². The third kappa shape index (κ3) is 6.88. The fourth-order valence-electron chi connectivity index (χ4n) is 3.93. The van der Waals surface area contributed by atoms with E-state index in [0.717, 1.165) is 19.3 Å². The molecule has 0 heterocycles. The smallest absolute Gasteiger partial charge is 0.338 e. The van der Waals surface area contributed by atoms with Crippen molar-refractivity contribution in [1.29, 1.82) is 5.26 Å². The van der Waals surface area contributed by atoms with Crippen LogP contribution >= 0.6 is 0 Å². The van der Waals surface area contributed by atoms with Crippen molar-refractivity contribution in [3.63, 3.8) is 0 Å². The molecule has 0 aromatic heterocycles. The van der Waals surface area contributed by atoms with E-state index in [1.165, 1.54) is 32.4 Å². The summed E-state index contributed by atoms with van der Waals surface area (Å²) in [5.41, 5.74) is -0.257. The maximum absolute atomic E-state index is 12.5. The molecule has 0 spiro atoms. The van der Waals surface area contributed by atoms with Crippen LogP contribution in [0.1, 0.15) is 42.5 Å². The first-order valence-electron chi connectivity index (χ1n) is 11.5. The highest BCUT2D eigenvalue weighted by Gasteiger charge is 2.33. The summed E-state index contributed by atoms with van der Waals surface area (Å²) in [4.78, 5) is 37.0. The Morgan fingerprint density at radius 2 is 1.64 bits per heavy atom. The number of hydrogen-bond donors (Lipinski definition) is 2. The molecule has 10 nitrogen and oxygen atoms in total. The number of methoxy groups -OCH3 is 2. The van der Waals surface area contributed by atoms with Crippen molar-refractivity contribution >= 4 is 23.5 Å². The van der Waals surface area contributed by atoms with Crippen molar-refractivity contribution in [3.05, 3.63) is 48.0 Å². The van der Waals surface area contributed by atoms with Gasteiger partial charge in [-0.05, 0) is 43.2 Å². The molecule has 0 saturated heterocycles. The highest BCUT2D eigenvalue weighted by molar-refractivity contribution is 5.94. The maximum atomic E-state index is 12.5. The zero-order valence-electron chi connectivity index (χ0n) is 20.3. The van der Waals surface area contributed by atoms with E-state index in [-0.39, 0.29) is 23.7 Å². The van der Waals surface area contributed by atoms with Gasteiger partial charge in [0.05, 0.1) is 31.5 Å². The molecule has 1 saturated carbocycles. The molecule has 0 aliphatic heterocycles. The van der Waals surface area contributed by atoms with Gasteiger partial charge in [0.15, 0.2) is 24.7 Å².